The first kappa shape index (κ1) is 19.5. The Morgan fingerprint density at radius 1 is 1.20 bits per heavy atom. The van der Waals surface area contributed by atoms with Gasteiger partial charge in [0, 0.05) is 0 Å². The zero-order valence-electron chi connectivity index (χ0n) is 14.4. The van der Waals surface area contributed by atoms with Gasteiger partial charge in [0.05, 0.1) is 17.3 Å². The van der Waals surface area contributed by atoms with Gasteiger partial charge in [-0.3, -0.25) is 9.59 Å². The van der Waals surface area contributed by atoms with Crippen LogP contribution < -0.4 is 10.9 Å². The second kappa shape index (κ2) is 8.50. The lowest BCUT2D eigenvalue weighted by molar-refractivity contribution is -0.122. The molecule has 25 heavy (non-hydrogen) atoms. The van der Waals surface area contributed by atoms with Crippen molar-refractivity contribution >= 4 is 29.1 Å². The van der Waals surface area contributed by atoms with E-state index in [-0.39, 0.29) is 28.5 Å². The van der Waals surface area contributed by atoms with Crippen LogP contribution in [0.1, 0.15) is 37.9 Å². The number of aromatic nitrogens is 2. The van der Waals surface area contributed by atoms with Crippen LogP contribution in [-0.2, 0) is 17.8 Å². The van der Waals surface area contributed by atoms with Gasteiger partial charge in [-0.25, -0.2) is 4.68 Å². The number of hydrogen-bond acceptors (Lipinski definition) is 3. The van der Waals surface area contributed by atoms with Crippen molar-refractivity contribution in [1.29, 1.82) is 0 Å². The third-order valence-electron chi connectivity index (χ3n) is 3.74. The summed E-state index contributed by atoms with van der Waals surface area (Å²) in [5.74, 6) is 0.270. The van der Waals surface area contributed by atoms with Gasteiger partial charge in [0.25, 0.3) is 5.56 Å². The number of nitrogens with zero attached hydrogens (tertiary/aromatic N) is 2. The second-order valence-electron chi connectivity index (χ2n) is 6.40. The predicted octanol–water partition coefficient (Wildman–Crippen LogP) is 3.63. The van der Waals surface area contributed by atoms with Crippen molar-refractivity contribution in [2.75, 3.05) is 0 Å². The zero-order valence-corrected chi connectivity index (χ0v) is 15.9. The van der Waals surface area contributed by atoms with Crippen molar-refractivity contribution in [1.82, 2.24) is 15.1 Å². The average Bonchev–Trinajstić information content (AvgIpc) is 2.55. The highest BCUT2D eigenvalue weighted by Gasteiger charge is 2.13. The summed E-state index contributed by atoms with van der Waals surface area (Å²) in [7, 11) is 0. The van der Waals surface area contributed by atoms with Gasteiger partial charge < -0.3 is 5.32 Å². The molecule has 0 radical (unpaired) electrons. The zero-order chi connectivity index (χ0) is 18.6. The molecule has 2 rings (SSSR count). The third kappa shape index (κ3) is 5.31. The number of benzene rings is 1. The standard InChI is InChI=1S/C18H21Cl2N3O2/c1-11(2)8-13-4-6-14(7-5-13)12(3)22-16(24)10-23-18(25)17(20)15(19)9-21-23/h4-7,9,11-12H,8,10H2,1-3H3,(H,22,24)/t12-/m1/s1. The molecule has 1 atom stereocenters. The van der Waals surface area contributed by atoms with Gasteiger partial charge in [0.1, 0.15) is 11.6 Å². The van der Waals surface area contributed by atoms with Crippen LogP contribution in [0.25, 0.3) is 0 Å². The molecular formula is C18H21Cl2N3O2. The molecule has 1 amide bonds. The van der Waals surface area contributed by atoms with Crippen LogP contribution in [0.2, 0.25) is 10.0 Å². The van der Waals surface area contributed by atoms with Crippen molar-refractivity contribution in [3.05, 3.63) is 62.0 Å². The minimum atomic E-state index is -0.588. The molecule has 1 heterocycles. The number of hydrogen-bond donors (Lipinski definition) is 1. The van der Waals surface area contributed by atoms with Gasteiger partial charge in [0.15, 0.2) is 0 Å². The second-order valence-corrected chi connectivity index (χ2v) is 7.18. The van der Waals surface area contributed by atoms with E-state index in [1.165, 1.54) is 11.8 Å². The fourth-order valence-electron chi connectivity index (χ4n) is 2.48. The lowest BCUT2D eigenvalue weighted by atomic mass is 10.00. The monoisotopic (exact) mass is 381 g/mol. The van der Waals surface area contributed by atoms with Gasteiger partial charge in [-0.15, -0.1) is 0 Å². The summed E-state index contributed by atoms with van der Waals surface area (Å²) in [6.45, 7) is 6.03. The van der Waals surface area contributed by atoms with Crippen LogP contribution in [0.4, 0.5) is 0 Å². The Bertz CT molecular complexity index is 801. The molecule has 0 bridgehead atoms. The Balaban J connectivity index is 2.00. The van der Waals surface area contributed by atoms with Gasteiger partial charge in [-0.1, -0.05) is 61.3 Å². The number of halogens is 2. The summed E-state index contributed by atoms with van der Waals surface area (Å²) in [5, 5.41) is 6.60. The smallest absolute Gasteiger partial charge is 0.287 e. The molecular weight excluding hydrogens is 361 g/mol. The van der Waals surface area contributed by atoms with E-state index in [4.69, 9.17) is 23.2 Å². The molecule has 0 saturated carbocycles. The van der Waals surface area contributed by atoms with E-state index in [0.717, 1.165) is 16.7 Å². The molecule has 1 N–H and O–H groups in total. The third-order valence-corrected chi connectivity index (χ3v) is 4.49. The fourth-order valence-corrected chi connectivity index (χ4v) is 2.75. The van der Waals surface area contributed by atoms with Gasteiger partial charge in [-0.05, 0) is 30.4 Å². The first-order valence-corrected chi connectivity index (χ1v) is 8.82. The SMILES string of the molecule is CC(C)Cc1ccc([C@@H](C)NC(=O)Cn2ncc(Cl)c(Cl)c2=O)cc1. The molecule has 0 spiro atoms. The first-order valence-electron chi connectivity index (χ1n) is 8.07. The summed E-state index contributed by atoms with van der Waals surface area (Å²) >= 11 is 11.5. The minimum Gasteiger partial charge on any atom is -0.348 e. The molecule has 0 saturated heterocycles. The van der Waals surface area contributed by atoms with Crippen LogP contribution in [0.15, 0.2) is 35.3 Å². The molecule has 2 aromatic rings. The highest BCUT2D eigenvalue weighted by Crippen LogP contribution is 2.16. The number of carbonyl (C=O) groups is 1. The molecule has 0 aliphatic carbocycles. The summed E-state index contributed by atoms with van der Waals surface area (Å²) in [4.78, 5) is 24.1. The van der Waals surface area contributed by atoms with E-state index in [1.54, 1.807) is 0 Å². The van der Waals surface area contributed by atoms with Crippen LogP contribution in [0, 0.1) is 5.92 Å². The lowest BCUT2D eigenvalue weighted by Crippen LogP contribution is -2.35. The summed E-state index contributed by atoms with van der Waals surface area (Å²) in [6, 6.07) is 7.98. The largest absolute Gasteiger partial charge is 0.348 e. The van der Waals surface area contributed by atoms with Crippen LogP contribution in [0.5, 0.6) is 0 Å². The molecule has 0 fully saturated rings. The van der Waals surface area contributed by atoms with E-state index in [9.17, 15) is 9.59 Å². The highest BCUT2D eigenvalue weighted by molar-refractivity contribution is 6.41. The predicted molar refractivity (Wildman–Crippen MR) is 100 cm³/mol. The summed E-state index contributed by atoms with van der Waals surface area (Å²) in [5.41, 5.74) is 1.68. The molecule has 1 aromatic heterocycles. The lowest BCUT2D eigenvalue weighted by Gasteiger charge is -2.15. The molecule has 134 valence electrons. The quantitative estimate of drug-likeness (QED) is 0.830. The van der Waals surface area contributed by atoms with E-state index >= 15 is 0 Å². The Morgan fingerprint density at radius 3 is 2.44 bits per heavy atom. The van der Waals surface area contributed by atoms with E-state index in [0.29, 0.717) is 5.92 Å². The van der Waals surface area contributed by atoms with Gasteiger partial charge in [-0.2, -0.15) is 5.10 Å². The maximum absolute atomic E-state index is 12.2. The Morgan fingerprint density at radius 2 is 1.84 bits per heavy atom. The maximum Gasteiger partial charge on any atom is 0.287 e. The van der Waals surface area contributed by atoms with Gasteiger partial charge >= 0.3 is 0 Å². The molecule has 0 aliphatic heterocycles. The van der Waals surface area contributed by atoms with E-state index in [1.807, 2.05) is 19.1 Å². The van der Waals surface area contributed by atoms with Crippen LogP contribution in [-0.4, -0.2) is 15.7 Å². The maximum atomic E-state index is 12.2. The highest BCUT2D eigenvalue weighted by atomic mass is 35.5. The number of rotatable bonds is 6. The van der Waals surface area contributed by atoms with Crippen molar-refractivity contribution < 1.29 is 4.79 Å². The molecule has 1 aromatic carbocycles. The van der Waals surface area contributed by atoms with E-state index < -0.39 is 5.56 Å². The Kier molecular flexibility index (Phi) is 6.62. The fraction of sp³-hybridized carbons (Fsp3) is 0.389. The van der Waals surface area contributed by atoms with E-state index in [2.05, 4.69) is 36.4 Å². The van der Waals surface area contributed by atoms with Gasteiger partial charge in [0.2, 0.25) is 5.91 Å². The van der Waals surface area contributed by atoms with Crippen molar-refractivity contribution in [3.63, 3.8) is 0 Å². The van der Waals surface area contributed by atoms with Crippen molar-refractivity contribution in [2.24, 2.45) is 5.92 Å². The van der Waals surface area contributed by atoms with Crippen molar-refractivity contribution in [3.8, 4) is 0 Å². The first-order chi connectivity index (χ1) is 11.8. The topological polar surface area (TPSA) is 64.0 Å². The molecule has 0 aliphatic rings. The van der Waals surface area contributed by atoms with Crippen LogP contribution >= 0.6 is 23.2 Å². The minimum absolute atomic E-state index is 0.0678. The molecule has 7 heteroatoms. The van der Waals surface area contributed by atoms with Crippen molar-refractivity contribution in [2.45, 2.75) is 39.8 Å². The number of nitrogens with one attached hydrogen (secondary N) is 1. The summed E-state index contributed by atoms with van der Waals surface area (Å²) in [6.07, 6.45) is 2.27. The Hall–Kier alpha value is -1.85. The normalized spacial score (nSPS) is 12.2. The van der Waals surface area contributed by atoms with Crippen LogP contribution in [0.3, 0.4) is 0 Å². The molecule has 0 unspecified atom stereocenters. The summed E-state index contributed by atoms with van der Waals surface area (Å²) < 4.78 is 0.988. The average molecular weight is 382 g/mol. The molecule has 5 nitrogen and oxygen atoms in total. The number of carbonyl (C=O) groups excluding carboxylic acids is 1. The Labute approximate surface area is 157 Å². The number of amides is 1.